The Labute approximate surface area is 187 Å². The molecule has 0 fully saturated rings. The van der Waals surface area contributed by atoms with Crippen molar-refractivity contribution < 1.29 is 14.3 Å². The SMILES string of the molecule is NC(=O)c1c(NC(NC(=O)COc2ccccc2)C(Cl)(Cl)Cl)sc2c1CCCC2. The van der Waals surface area contributed by atoms with Crippen LogP contribution in [0.25, 0.3) is 0 Å². The number of alkyl halides is 3. The normalized spacial score (nSPS) is 14.6. The summed E-state index contributed by atoms with van der Waals surface area (Å²) in [6.45, 7) is -0.257. The number of nitrogens with two attached hydrogens (primary N) is 1. The molecule has 0 saturated carbocycles. The number of nitrogens with one attached hydrogen (secondary N) is 2. The van der Waals surface area contributed by atoms with Crippen molar-refractivity contribution in [2.24, 2.45) is 5.73 Å². The topological polar surface area (TPSA) is 93.5 Å². The highest BCUT2D eigenvalue weighted by Gasteiger charge is 2.36. The average molecular weight is 477 g/mol. The van der Waals surface area contributed by atoms with Gasteiger partial charge in [-0.2, -0.15) is 0 Å². The molecule has 2 amide bonds. The number of para-hydroxylation sites is 1. The van der Waals surface area contributed by atoms with Crippen LogP contribution in [0.5, 0.6) is 5.75 Å². The molecule has 4 N–H and O–H groups in total. The summed E-state index contributed by atoms with van der Waals surface area (Å²) in [4.78, 5) is 25.5. The molecule has 0 radical (unpaired) electrons. The maximum atomic E-state index is 12.3. The third-order valence-electron chi connectivity index (χ3n) is 4.44. The van der Waals surface area contributed by atoms with Gasteiger partial charge in [0.25, 0.3) is 11.8 Å². The zero-order valence-electron chi connectivity index (χ0n) is 15.3. The van der Waals surface area contributed by atoms with E-state index in [0.717, 1.165) is 36.1 Å². The number of thiophene rings is 1. The molecule has 10 heteroatoms. The summed E-state index contributed by atoms with van der Waals surface area (Å²) in [7, 11) is 0. The van der Waals surface area contributed by atoms with Crippen LogP contribution in [-0.2, 0) is 17.6 Å². The standard InChI is InChI=1S/C19H20Cl3N3O3S/c20-19(21,22)18(24-14(26)10-28-11-6-2-1-3-7-11)25-17-15(16(23)27)12-8-4-5-9-13(12)29-17/h1-3,6-7,18,25H,4-5,8-10H2,(H2,23,27)(H,24,26). The second-order valence-electron chi connectivity index (χ2n) is 6.57. The highest BCUT2D eigenvalue weighted by molar-refractivity contribution is 7.16. The first kappa shape index (κ1) is 22.0. The van der Waals surface area contributed by atoms with Gasteiger partial charge in [0.1, 0.15) is 16.9 Å². The number of primary amides is 1. The molecule has 6 nitrogen and oxygen atoms in total. The average Bonchev–Trinajstić information content (AvgIpc) is 3.04. The first-order valence-corrected chi connectivity index (χ1v) is 11.0. The summed E-state index contributed by atoms with van der Waals surface area (Å²) in [6.07, 6.45) is 2.61. The number of benzene rings is 1. The molecule has 3 rings (SSSR count). The predicted molar refractivity (Wildman–Crippen MR) is 117 cm³/mol. The second kappa shape index (κ2) is 9.43. The van der Waals surface area contributed by atoms with E-state index >= 15 is 0 Å². The predicted octanol–water partition coefficient (Wildman–Crippen LogP) is 4.03. The van der Waals surface area contributed by atoms with E-state index in [-0.39, 0.29) is 6.61 Å². The molecule has 0 spiro atoms. The van der Waals surface area contributed by atoms with Gasteiger partial charge in [-0.05, 0) is 43.4 Å². The first-order chi connectivity index (χ1) is 13.8. The number of amides is 2. The summed E-state index contributed by atoms with van der Waals surface area (Å²) < 4.78 is 3.55. The quantitative estimate of drug-likeness (QED) is 0.415. The monoisotopic (exact) mass is 475 g/mol. The minimum atomic E-state index is -1.87. The fourth-order valence-electron chi connectivity index (χ4n) is 3.13. The van der Waals surface area contributed by atoms with Crippen molar-refractivity contribution in [1.82, 2.24) is 5.32 Å². The van der Waals surface area contributed by atoms with E-state index in [1.165, 1.54) is 11.3 Å². The van der Waals surface area contributed by atoms with Crippen molar-refractivity contribution in [1.29, 1.82) is 0 Å². The van der Waals surface area contributed by atoms with Crippen molar-refractivity contribution in [2.75, 3.05) is 11.9 Å². The van der Waals surface area contributed by atoms with E-state index in [1.807, 2.05) is 6.07 Å². The van der Waals surface area contributed by atoms with Crippen molar-refractivity contribution in [3.8, 4) is 5.75 Å². The van der Waals surface area contributed by atoms with Crippen LogP contribution in [0.4, 0.5) is 5.00 Å². The third-order valence-corrected chi connectivity index (χ3v) is 6.32. The number of anilines is 1. The maximum Gasteiger partial charge on any atom is 0.259 e. The summed E-state index contributed by atoms with van der Waals surface area (Å²) >= 11 is 19.6. The van der Waals surface area contributed by atoms with Crippen molar-refractivity contribution in [3.63, 3.8) is 0 Å². The molecule has 1 atom stereocenters. The van der Waals surface area contributed by atoms with Gasteiger partial charge in [-0.25, -0.2) is 0 Å². The van der Waals surface area contributed by atoms with Gasteiger partial charge >= 0.3 is 0 Å². The van der Waals surface area contributed by atoms with Crippen LogP contribution in [-0.4, -0.2) is 28.4 Å². The van der Waals surface area contributed by atoms with E-state index in [1.54, 1.807) is 24.3 Å². The molecule has 2 aromatic rings. The van der Waals surface area contributed by atoms with Crippen molar-refractivity contribution >= 4 is 63.0 Å². The highest BCUT2D eigenvalue weighted by atomic mass is 35.6. The minimum absolute atomic E-state index is 0.257. The van der Waals surface area contributed by atoms with Gasteiger partial charge in [0.05, 0.1) is 5.56 Å². The van der Waals surface area contributed by atoms with Gasteiger partial charge in [-0.15, -0.1) is 11.3 Å². The smallest absolute Gasteiger partial charge is 0.259 e. The number of halogens is 3. The first-order valence-electron chi connectivity index (χ1n) is 9.00. The molecule has 0 aliphatic heterocycles. The zero-order valence-corrected chi connectivity index (χ0v) is 18.4. The zero-order chi connectivity index (χ0) is 21.0. The van der Waals surface area contributed by atoms with Gasteiger partial charge in [-0.3, -0.25) is 9.59 Å². The van der Waals surface area contributed by atoms with Crippen LogP contribution in [0.1, 0.15) is 33.6 Å². The Kier molecular flexibility index (Phi) is 7.16. The Balaban J connectivity index is 1.74. The minimum Gasteiger partial charge on any atom is -0.484 e. The van der Waals surface area contributed by atoms with Crippen LogP contribution in [0.3, 0.4) is 0 Å². The Morgan fingerprint density at radius 2 is 1.86 bits per heavy atom. The lowest BCUT2D eigenvalue weighted by Crippen LogP contribution is -2.50. The Morgan fingerprint density at radius 1 is 1.17 bits per heavy atom. The van der Waals surface area contributed by atoms with E-state index < -0.39 is 21.8 Å². The molecule has 1 aliphatic rings. The van der Waals surface area contributed by atoms with E-state index in [0.29, 0.717) is 16.3 Å². The Morgan fingerprint density at radius 3 is 2.52 bits per heavy atom. The molecule has 1 aromatic heterocycles. The van der Waals surface area contributed by atoms with Gasteiger partial charge in [0.2, 0.25) is 3.79 Å². The molecule has 1 unspecified atom stereocenters. The lowest BCUT2D eigenvalue weighted by atomic mass is 9.95. The fraction of sp³-hybridized carbons (Fsp3) is 0.368. The number of carbonyl (C=O) groups is 2. The van der Waals surface area contributed by atoms with Crippen LogP contribution >= 0.6 is 46.1 Å². The molecule has 29 heavy (non-hydrogen) atoms. The van der Waals surface area contributed by atoms with Crippen LogP contribution in [0.2, 0.25) is 0 Å². The van der Waals surface area contributed by atoms with E-state index in [4.69, 9.17) is 45.3 Å². The largest absolute Gasteiger partial charge is 0.484 e. The summed E-state index contributed by atoms with van der Waals surface area (Å²) in [5.41, 5.74) is 6.95. The van der Waals surface area contributed by atoms with Crippen LogP contribution in [0, 0.1) is 0 Å². The number of fused-ring (bicyclic) bond motifs is 1. The second-order valence-corrected chi connectivity index (χ2v) is 10.0. The molecule has 0 bridgehead atoms. The third kappa shape index (κ3) is 5.69. The molecule has 0 saturated heterocycles. The van der Waals surface area contributed by atoms with E-state index in [2.05, 4.69) is 10.6 Å². The lowest BCUT2D eigenvalue weighted by molar-refractivity contribution is -0.123. The van der Waals surface area contributed by atoms with Gasteiger partial charge in [-0.1, -0.05) is 53.0 Å². The van der Waals surface area contributed by atoms with Gasteiger partial charge < -0.3 is 21.1 Å². The van der Waals surface area contributed by atoms with Gasteiger partial charge in [0.15, 0.2) is 6.61 Å². The van der Waals surface area contributed by atoms with Gasteiger partial charge in [0, 0.05) is 4.88 Å². The van der Waals surface area contributed by atoms with Crippen molar-refractivity contribution in [3.05, 3.63) is 46.3 Å². The molecule has 1 heterocycles. The maximum absolute atomic E-state index is 12.3. The van der Waals surface area contributed by atoms with Crippen LogP contribution in [0.15, 0.2) is 30.3 Å². The van der Waals surface area contributed by atoms with Crippen molar-refractivity contribution in [2.45, 2.75) is 35.6 Å². The number of hydrogen-bond acceptors (Lipinski definition) is 5. The number of rotatable bonds is 7. The number of hydrogen-bond donors (Lipinski definition) is 3. The van der Waals surface area contributed by atoms with Crippen LogP contribution < -0.4 is 21.1 Å². The lowest BCUT2D eigenvalue weighted by Gasteiger charge is -2.27. The Hall–Kier alpha value is -1.67. The fourth-order valence-corrected chi connectivity index (χ4v) is 4.78. The molecule has 1 aliphatic carbocycles. The van der Waals surface area contributed by atoms with E-state index in [9.17, 15) is 9.59 Å². The molecule has 156 valence electrons. The number of aryl methyl sites for hydroxylation is 1. The molecular weight excluding hydrogens is 457 g/mol. The summed E-state index contributed by atoms with van der Waals surface area (Å²) in [5, 5.41) is 6.09. The molecule has 1 aromatic carbocycles. The highest BCUT2D eigenvalue weighted by Crippen LogP contribution is 2.40. The summed E-state index contributed by atoms with van der Waals surface area (Å²) in [5.74, 6) is -0.490. The summed E-state index contributed by atoms with van der Waals surface area (Å²) in [6, 6.07) is 8.89. The number of ether oxygens (including phenoxy) is 1. The number of carbonyl (C=O) groups excluding carboxylic acids is 2. The molecular formula is C19H20Cl3N3O3S. The Bertz CT molecular complexity index is 884.